The first-order valence-corrected chi connectivity index (χ1v) is 14.9. The van der Waals surface area contributed by atoms with Gasteiger partial charge in [0.1, 0.15) is 5.75 Å². The zero-order valence-corrected chi connectivity index (χ0v) is 24.9. The quantitative estimate of drug-likeness (QED) is 0.124. The van der Waals surface area contributed by atoms with E-state index in [2.05, 4.69) is 4.90 Å². The smallest absolute Gasteiger partial charge is 0.335 e. The lowest BCUT2D eigenvalue weighted by Crippen LogP contribution is -2.30. The van der Waals surface area contributed by atoms with Gasteiger partial charge in [0.2, 0.25) is 0 Å². The van der Waals surface area contributed by atoms with Gasteiger partial charge in [-0.25, -0.2) is 4.79 Å². The molecular formula is C33H34ClNO6S. The van der Waals surface area contributed by atoms with Crippen molar-refractivity contribution in [1.82, 2.24) is 4.90 Å². The van der Waals surface area contributed by atoms with Crippen LogP contribution < -0.4 is 4.74 Å². The number of thiophene rings is 1. The Bertz CT molecular complexity index is 1450. The van der Waals surface area contributed by atoms with Crippen LogP contribution in [-0.4, -0.2) is 40.1 Å². The second-order valence-corrected chi connectivity index (χ2v) is 11.6. The number of halogens is 1. The summed E-state index contributed by atoms with van der Waals surface area (Å²) in [5, 5.41) is 19.7. The molecule has 3 aromatic carbocycles. The number of carboxylic acid groups (broad SMARTS) is 2. The van der Waals surface area contributed by atoms with Crippen molar-refractivity contribution in [1.29, 1.82) is 0 Å². The number of nitrogens with zero attached hydrogens (tertiary/aromatic N) is 1. The van der Waals surface area contributed by atoms with Crippen molar-refractivity contribution in [2.24, 2.45) is 0 Å². The number of benzene rings is 3. The van der Waals surface area contributed by atoms with Gasteiger partial charge >= 0.3 is 11.9 Å². The molecule has 0 bridgehead atoms. The maximum atomic E-state index is 11.3. The summed E-state index contributed by atoms with van der Waals surface area (Å²) in [5.74, 6) is -1.00. The van der Waals surface area contributed by atoms with Gasteiger partial charge in [-0.15, -0.1) is 11.3 Å². The molecule has 0 radical (unpaired) electrons. The third kappa shape index (κ3) is 9.99. The van der Waals surface area contributed by atoms with E-state index in [4.69, 9.17) is 26.2 Å². The van der Waals surface area contributed by atoms with E-state index in [1.807, 2.05) is 79.7 Å². The maximum Gasteiger partial charge on any atom is 0.335 e. The van der Waals surface area contributed by atoms with Gasteiger partial charge in [0.25, 0.3) is 0 Å². The second-order valence-electron chi connectivity index (χ2n) is 10.1. The van der Waals surface area contributed by atoms with Crippen LogP contribution in [0.3, 0.4) is 0 Å². The van der Waals surface area contributed by atoms with E-state index in [9.17, 15) is 14.7 Å². The Morgan fingerprint density at radius 1 is 0.952 bits per heavy atom. The van der Waals surface area contributed by atoms with Crippen LogP contribution in [0.4, 0.5) is 0 Å². The third-order valence-electron chi connectivity index (χ3n) is 6.67. The summed E-state index contributed by atoms with van der Waals surface area (Å²) >= 11 is 7.87. The van der Waals surface area contributed by atoms with E-state index in [-0.39, 0.29) is 18.1 Å². The van der Waals surface area contributed by atoms with Gasteiger partial charge in [-0.05, 0) is 86.0 Å². The molecule has 4 aromatic rings. The average Bonchev–Trinajstić information content (AvgIpc) is 3.41. The molecule has 0 spiro atoms. The fraction of sp³-hybridized carbons (Fsp3) is 0.273. The number of carboxylic acids is 2. The first-order chi connectivity index (χ1) is 20.2. The number of rotatable bonds is 16. The number of hydrogen-bond donors (Lipinski definition) is 2. The highest BCUT2D eigenvalue weighted by molar-refractivity contribution is 7.13. The van der Waals surface area contributed by atoms with Crippen LogP contribution >= 0.6 is 22.9 Å². The molecule has 9 heteroatoms. The van der Waals surface area contributed by atoms with Gasteiger partial charge < -0.3 is 19.7 Å². The van der Waals surface area contributed by atoms with Crippen molar-refractivity contribution in [3.63, 3.8) is 0 Å². The average molecular weight is 608 g/mol. The molecule has 1 heterocycles. The minimum atomic E-state index is -0.970. The summed E-state index contributed by atoms with van der Waals surface area (Å²) in [6.07, 6.45) is 1.06. The Morgan fingerprint density at radius 2 is 1.71 bits per heavy atom. The molecule has 1 aromatic heterocycles. The van der Waals surface area contributed by atoms with E-state index < -0.39 is 11.9 Å². The molecule has 2 N–H and O–H groups in total. The predicted molar refractivity (Wildman–Crippen MR) is 165 cm³/mol. The van der Waals surface area contributed by atoms with Crippen molar-refractivity contribution in [2.45, 2.75) is 45.4 Å². The van der Waals surface area contributed by atoms with Crippen LogP contribution in [0.15, 0.2) is 84.9 Å². The third-order valence-corrected chi connectivity index (χ3v) is 7.84. The molecule has 0 unspecified atom stereocenters. The number of carbonyl (C=O) groups is 2. The summed E-state index contributed by atoms with van der Waals surface area (Å²) in [5.41, 5.74) is 3.29. The van der Waals surface area contributed by atoms with E-state index in [1.165, 1.54) is 16.9 Å². The highest BCUT2D eigenvalue weighted by Crippen LogP contribution is 2.32. The number of aromatic carboxylic acids is 1. The normalized spacial score (nSPS) is 11.9. The van der Waals surface area contributed by atoms with Crippen LogP contribution in [0.2, 0.25) is 5.02 Å². The first-order valence-electron chi connectivity index (χ1n) is 13.7. The van der Waals surface area contributed by atoms with Gasteiger partial charge in [0.05, 0.1) is 18.3 Å². The number of ether oxygens (including phenoxy) is 2. The zero-order chi connectivity index (χ0) is 29.9. The Labute approximate surface area is 254 Å². The molecular weight excluding hydrogens is 574 g/mol. The van der Waals surface area contributed by atoms with E-state index in [1.54, 1.807) is 12.1 Å². The Balaban J connectivity index is 1.48. The van der Waals surface area contributed by atoms with Crippen molar-refractivity contribution < 1.29 is 29.3 Å². The number of aryl methyl sites for hydroxylation is 1. The Hall–Kier alpha value is -3.69. The lowest BCUT2D eigenvalue weighted by Gasteiger charge is -2.28. The van der Waals surface area contributed by atoms with Crippen LogP contribution in [0.1, 0.15) is 57.3 Å². The summed E-state index contributed by atoms with van der Waals surface area (Å²) in [4.78, 5) is 25.6. The minimum absolute atomic E-state index is 0.112. The fourth-order valence-corrected chi connectivity index (χ4v) is 5.44. The molecule has 0 fully saturated rings. The highest BCUT2D eigenvalue weighted by Gasteiger charge is 2.19. The van der Waals surface area contributed by atoms with Gasteiger partial charge in [-0.2, -0.15) is 0 Å². The fourth-order valence-electron chi connectivity index (χ4n) is 4.45. The minimum Gasteiger partial charge on any atom is -0.481 e. The first kappa shape index (κ1) is 31.3. The highest BCUT2D eigenvalue weighted by atomic mass is 35.5. The lowest BCUT2D eigenvalue weighted by molar-refractivity contribution is -0.137. The van der Waals surface area contributed by atoms with E-state index in [0.29, 0.717) is 44.1 Å². The van der Waals surface area contributed by atoms with E-state index in [0.717, 1.165) is 26.8 Å². The molecule has 220 valence electrons. The van der Waals surface area contributed by atoms with Crippen LogP contribution in [-0.2, 0) is 22.7 Å². The van der Waals surface area contributed by atoms with Gasteiger partial charge in [0.15, 0.2) is 5.06 Å². The van der Waals surface area contributed by atoms with E-state index >= 15 is 0 Å². The summed E-state index contributed by atoms with van der Waals surface area (Å²) in [6.45, 7) is 4.15. The number of hydrogen-bond acceptors (Lipinski definition) is 6. The molecule has 1 atom stereocenters. The SMILES string of the molecule is Cc1ccc(Oc2ccc(CO[C@@H](CN(CCCCC(=O)O)Cc3ccc(C(=O)O)cc3)c3cccc(Cl)c3)s2)cc1. The Kier molecular flexibility index (Phi) is 11.5. The Morgan fingerprint density at radius 3 is 2.40 bits per heavy atom. The monoisotopic (exact) mass is 607 g/mol. The molecule has 0 saturated heterocycles. The molecule has 0 amide bonds. The molecule has 4 rings (SSSR count). The molecule has 7 nitrogen and oxygen atoms in total. The standard InChI is InChI=1S/C33H34ClNO6S/c1-23-8-14-28(15-9-23)41-32-17-16-29(42-32)22-40-30(26-5-4-6-27(34)19-26)21-35(18-3-2-7-31(36)37)20-24-10-12-25(13-11-24)33(38)39/h4-6,8-17,19,30H,2-3,7,18,20-22H2,1H3,(H,36,37)(H,38,39)/t30-/m0/s1. The molecule has 0 aliphatic carbocycles. The van der Waals surface area contributed by atoms with Crippen LogP contribution in [0.5, 0.6) is 10.8 Å². The van der Waals surface area contributed by atoms with Crippen LogP contribution in [0.25, 0.3) is 0 Å². The second kappa shape index (κ2) is 15.5. The summed E-state index contributed by atoms with van der Waals surface area (Å²) in [6, 6.07) is 26.3. The van der Waals surface area contributed by atoms with Crippen molar-refractivity contribution >= 4 is 34.9 Å². The zero-order valence-electron chi connectivity index (χ0n) is 23.4. The van der Waals surface area contributed by atoms with Crippen molar-refractivity contribution in [3.05, 3.63) is 117 Å². The number of aliphatic carboxylic acids is 1. The number of unbranched alkanes of at least 4 members (excludes halogenated alkanes) is 1. The lowest BCUT2D eigenvalue weighted by atomic mass is 10.1. The van der Waals surface area contributed by atoms with Gasteiger partial charge in [0, 0.05) is 29.4 Å². The molecule has 0 aliphatic rings. The van der Waals surface area contributed by atoms with Crippen LogP contribution in [0, 0.1) is 6.92 Å². The molecule has 42 heavy (non-hydrogen) atoms. The van der Waals surface area contributed by atoms with Crippen molar-refractivity contribution in [2.75, 3.05) is 13.1 Å². The van der Waals surface area contributed by atoms with Crippen molar-refractivity contribution in [3.8, 4) is 10.8 Å². The maximum absolute atomic E-state index is 11.3. The topological polar surface area (TPSA) is 96.3 Å². The molecule has 0 aliphatic heterocycles. The summed E-state index contributed by atoms with van der Waals surface area (Å²) < 4.78 is 12.5. The molecule has 0 saturated carbocycles. The largest absolute Gasteiger partial charge is 0.481 e. The summed E-state index contributed by atoms with van der Waals surface area (Å²) in [7, 11) is 0. The van der Waals surface area contributed by atoms with Gasteiger partial charge in [-0.3, -0.25) is 9.69 Å². The predicted octanol–water partition coefficient (Wildman–Crippen LogP) is 8.22. The van der Waals surface area contributed by atoms with Gasteiger partial charge in [-0.1, -0.05) is 53.6 Å².